The van der Waals surface area contributed by atoms with E-state index in [0.717, 1.165) is 42.6 Å². The second-order valence-electron chi connectivity index (χ2n) is 9.82. The van der Waals surface area contributed by atoms with Crippen LogP contribution in [0.2, 0.25) is 0 Å². The van der Waals surface area contributed by atoms with Crippen LogP contribution in [0.15, 0.2) is 47.1 Å². The van der Waals surface area contributed by atoms with E-state index < -0.39 is 6.10 Å². The lowest BCUT2D eigenvalue weighted by Gasteiger charge is -2.55. The van der Waals surface area contributed by atoms with Crippen molar-refractivity contribution in [2.24, 2.45) is 23.2 Å². The van der Waals surface area contributed by atoms with Gasteiger partial charge < -0.3 is 20.2 Å². The fourth-order valence-corrected chi connectivity index (χ4v) is 6.41. The van der Waals surface area contributed by atoms with Gasteiger partial charge in [0.25, 0.3) is 5.91 Å². The van der Waals surface area contributed by atoms with Gasteiger partial charge in [0.1, 0.15) is 11.9 Å². The molecule has 0 aliphatic heterocycles. The third kappa shape index (κ3) is 4.13. The molecule has 6 heteroatoms. The van der Waals surface area contributed by atoms with Crippen LogP contribution < -0.4 is 10.6 Å². The number of hydrogen-bond acceptors (Lipinski definition) is 4. The Bertz CT molecular complexity index is 900. The highest BCUT2D eigenvalue weighted by Crippen LogP contribution is 2.60. The van der Waals surface area contributed by atoms with Gasteiger partial charge in [-0.3, -0.25) is 9.59 Å². The number of furan rings is 1. The van der Waals surface area contributed by atoms with Gasteiger partial charge in [-0.15, -0.1) is 0 Å². The summed E-state index contributed by atoms with van der Waals surface area (Å²) in [6.07, 6.45) is 7.78. The summed E-state index contributed by atoms with van der Waals surface area (Å²) < 4.78 is 5.14. The lowest BCUT2D eigenvalue weighted by molar-refractivity contribution is -0.146. The van der Waals surface area contributed by atoms with Crippen molar-refractivity contribution in [2.45, 2.75) is 51.2 Å². The van der Waals surface area contributed by atoms with E-state index in [1.54, 1.807) is 24.3 Å². The van der Waals surface area contributed by atoms with Gasteiger partial charge in [-0.05, 0) is 86.1 Å². The molecule has 1 aromatic heterocycles. The summed E-state index contributed by atoms with van der Waals surface area (Å²) in [5.41, 5.74) is 1.36. The lowest BCUT2D eigenvalue weighted by Crippen LogP contribution is -2.53. The molecule has 4 bridgehead atoms. The van der Waals surface area contributed by atoms with Crippen molar-refractivity contribution in [3.8, 4) is 0 Å². The smallest absolute Gasteiger partial charge is 0.251 e. The summed E-state index contributed by atoms with van der Waals surface area (Å²) in [4.78, 5) is 25.4. The van der Waals surface area contributed by atoms with Crippen LogP contribution >= 0.6 is 0 Å². The number of hydrogen-bond donors (Lipinski definition) is 3. The molecule has 6 nitrogen and oxygen atoms in total. The fraction of sp³-hybridized carbons (Fsp3) is 0.520. The number of nitrogens with one attached hydrogen (secondary N) is 2. The maximum atomic E-state index is 13.1. The summed E-state index contributed by atoms with van der Waals surface area (Å²) in [5, 5.41) is 15.9. The van der Waals surface area contributed by atoms with Crippen molar-refractivity contribution in [3.05, 3.63) is 59.5 Å². The van der Waals surface area contributed by atoms with Gasteiger partial charge in [0.05, 0.1) is 12.8 Å². The number of aliphatic hydroxyl groups is 1. The standard InChI is InChI=1S/C25H30N2O4/c28-21(22-2-1-7-31-22)15-26-23(29)20-5-3-16(4-6-20)14-27-24(30)25-11-17-8-18(12-25)10-19(9-17)13-25/h1-7,17-19,21,28H,8-15H2,(H,26,29)(H,27,30). The summed E-state index contributed by atoms with van der Waals surface area (Å²) >= 11 is 0. The summed E-state index contributed by atoms with van der Waals surface area (Å²) in [7, 11) is 0. The summed E-state index contributed by atoms with van der Waals surface area (Å²) in [6, 6.07) is 10.6. The molecule has 164 valence electrons. The van der Waals surface area contributed by atoms with Crippen LogP contribution in [0.25, 0.3) is 0 Å². The first kappa shape index (κ1) is 20.3. The first-order valence-corrected chi connectivity index (χ1v) is 11.4. The number of aliphatic hydroxyl groups excluding tert-OH is 1. The van der Waals surface area contributed by atoms with Crippen LogP contribution in [0.4, 0.5) is 0 Å². The van der Waals surface area contributed by atoms with Crippen LogP contribution in [0.3, 0.4) is 0 Å². The topological polar surface area (TPSA) is 91.6 Å². The van der Waals surface area contributed by atoms with Crippen LogP contribution in [0.5, 0.6) is 0 Å². The molecule has 2 aromatic rings. The Kier molecular flexibility index (Phi) is 5.34. The van der Waals surface area contributed by atoms with Crippen molar-refractivity contribution in [2.75, 3.05) is 6.54 Å². The number of carbonyl (C=O) groups excluding carboxylic acids is 2. The maximum absolute atomic E-state index is 13.1. The van der Waals surface area contributed by atoms with Gasteiger partial charge in [-0.25, -0.2) is 0 Å². The van der Waals surface area contributed by atoms with E-state index >= 15 is 0 Å². The zero-order valence-electron chi connectivity index (χ0n) is 17.7. The Balaban J connectivity index is 1.13. The van der Waals surface area contributed by atoms with Crippen molar-refractivity contribution in [1.29, 1.82) is 0 Å². The second-order valence-corrected chi connectivity index (χ2v) is 9.82. The lowest BCUT2D eigenvalue weighted by atomic mass is 9.49. The summed E-state index contributed by atoms with van der Waals surface area (Å²) in [6.45, 7) is 0.564. The molecular formula is C25H30N2O4. The van der Waals surface area contributed by atoms with Crippen LogP contribution in [0, 0.1) is 23.2 Å². The largest absolute Gasteiger partial charge is 0.467 e. The van der Waals surface area contributed by atoms with Gasteiger partial charge in [0, 0.05) is 17.5 Å². The van der Waals surface area contributed by atoms with Gasteiger partial charge >= 0.3 is 0 Å². The molecular weight excluding hydrogens is 392 g/mol. The third-order valence-electron chi connectivity index (χ3n) is 7.52. The van der Waals surface area contributed by atoms with E-state index in [0.29, 0.717) is 17.9 Å². The SMILES string of the molecule is O=C(NCC(O)c1ccco1)c1ccc(CNC(=O)C23CC4CC(CC(C4)C2)C3)cc1. The molecule has 4 aliphatic rings. The Morgan fingerprint density at radius 3 is 2.23 bits per heavy atom. The Morgan fingerprint density at radius 2 is 1.65 bits per heavy atom. The van der Waals surface area contributed by atoms with Gasteiger partial charge in [0.2, 0.25) is 5.91 Å². The third-order valence-corrected chi connectivity index (χ3v) is 7.52. The number of amides is 2. The second kappa shape index (κ2) is 8.15. The van der Waals surface area contributed by atoms with E-state index in [2.05, 4.69) is 10.6 Å². The molecule has 1 unspecified atom stereocenters. The molecule has 1 heterocycles. The number of rotatable bonds is 7. The molecule has 3 N–H and O–H groups in total. The van der Waals surface area contributed by atoms with Crippen molar-refractivity contribution in [3.63, 3.8) is 0 Å². The van der Waals surface area contributed by atoms with Crippen LogP contribution in [0.1, 0.15) is 66.3 Å². The fourth-order valence-electron chi connectivity index (χ4n) is 6.41. The zero-order chi connectivity index (χ0) is 21.4. The van der Waals surface area contributed by atoms with E-state index in [9.17, 15) is 14.7 Å². The highest BCUT2D eigenvalue weighted by atomic mass is 16.4. The van der Waals surface area contributed by atoms with Crippen LogP contribution in [-0.2, 0) is 11.3 Å². The van der Waals surface area contributed by atoms with E-state index in [1.165, 1.54) is 25.5 Å². The quantitative estimate of drug-likeness (QED) is 0.636. The summed E-state index contributed by atoms with van der Waals surface area (Å²) in [5.74, 6) is 2.64. The van der Waals surface area contributed by atoms with Crippen molar-refractivity contribution in [1.82, 2.24) is 10.6 Å². The highest BCUT2D eigenvalue weighted by molar-refractivity contribution is 5.94. The molecule has 2 amide bonds. The van der Waals surface area contributed by atoms with Crippen molar-refractivity contribution >= 4 is 11.8 Å². The van der Waals surface area contributed by atoms with E-state index in [-0.39, 0.29) is 23.8 Å². The molecule has 1 atom stereocenters. The molecule has 4 aliphatic carbocycles. The van der Waals surface area contributed by atoms with Gasteiger partial charge in [-0.2, -0.15) is 0 Å². The zero-order valence-corrected chi connectivity index (χ0v) is 17.7. The van der Waals surface area contributed by atoms with Gasteiger partial charge in [-0.1, -0.05) is 12.1 Å². The predicted octanol–water partition coefficient (Wildman–Crippen LogP) is 3.58. The predicted molar refractivity (Wildman–Crippen MR) is 115 cm³/mol. The Morgan fingerprint density at radius 1 is 1.00 bits per heavy atom. The van der Waals surface area contributed by atoms with Gasteiger partial charge in [0.15, 0.2) is 0 Å². The average molecular weight is 423 g/mol. The van der Waals surface area contributed by atoms with E-state index in [4.69, 9.17) is 4.42 Å². The molecule has 0 saturated heterocycles. The molecule has 0 spiro atoms. The molecule has 0 radical (unpaired) electrons. The Hall–Kier alpha value is -2.60. The normalized spacial score (nSPS) is 29.5. The molecule has 1 aromatic carbocycles. The minimum absolute atomic E-state index is 0.0786. The minimum atomic E-state index is -0.877. The van der Waals surface area contributed by atoms with Crippen molar-refractivity contribution < 1.29 is 19.1 Å². The highest BCUT2D eigenvalue weighted by Gasteiger charge is 2.54. The molecule has 31 heavy (non-hydrogen) atoms. The molecule has 6 rings (SSSR count). The molecule has 4 saturated carbocycles. The minimum Gasteiger partial charge on any atom is -0.467 e. The number of carbonyl (C=O) groups is 2. The average Bonchev–Trinajstić information content (AvgIpc) is 3.30. The van der Waals surface area contributed by atoms with E-state index in [1.807, 2.05) is 12.1 Å². The first-order valence-electron chi connectivity index (χ1n) is 11.4. The first-order chi connectivity index (χ1) is 15.0. The number of benzene rings is 1. The monoisotopic (exact) mass is 422 g/mol. The molecule has 4 fully saturated rings. The Labute approximate surface area is 182 Å². The van der Waals surface area contributed by atoms with Crippen LogP contribution in [-0.4, -0.2) is 23.5 Å². The maximum Gasteiger partial charge on any atom is 0.251 e.